The van der Waals surface area contributed by atoms with E-state index in [1.165, 1.54) is 0 Å². The zero-order valence-corrected chi connectivity index (χ0v) is 16.2. The lowest BCUT2D eigenvalue weighted by Gasteiger charge is -2.19. The van der Waals surface area contributed by atoms with Crippen molar-refractivity contribution in [3.8, 4) is 5.75 Å². The Morgan fingerprint density at radius 1 is 1.21 bits per heavy atom. The molecule has 0 aliphatic rings. The van der Waals surface area contributed by atoms with E-state index in [0.29, 0.717) is 23.8 Å². The number of para-hydroxylation sites is 1. The zero-order chi connectivity index (χ0) is 20.1. The van der Waals surface area contributed by atoms with Gasteiger partial charge in [0.25, 0.3) is 0 Å². The normalized spacial score (nSPS) is 12.7. The molecule has 0 spiro atoms. The van der Waals surface area contributed by atoms with Crippen LogP contribution in [0.4, 0.5) is 0 Å². The van der Waals surface area contributed by atoms with E-state index in [-0.39, 0.29) is 16.4 Å². The van der Waals surface area contributed by atoms with Crippen LogP contribution in [0.2, 0.25) is 0 Å². The van der Waals surface area contributed by atoms with Crippen LogP contribution in [0.15, 0.2) is 68.9 Å². The highest BCUT2D eigenvalue weighted by Crippen LogP contribution is 2.36. The Morgan fingerprint density at radius 2 is 1.89 bits per heavy atom. The van der Waals surface area contributed by atoms with Crippen molar-refractivity contribution >= 4 is 34.0 Å². The average molecular weight is 395 g/mol. The highest BCUT2D eigenvalue weighted by molar-refractivity contribution is 7.80. The highest BCUT2D eigenvalue weighted by atomic mass is 32.1. The van der Waals surface area contributed by atoms with Crippen molar-refractivity contribution in [3.63, 3.8) is 0 Å². The molecule has 1 heterocycles. The maximum atomic E-state index is 12.8. The summed E-state index contributed by atoms with van der Waals surface area (Å²) in [5.74, 6) is -0.507. The molecule has 0 aliphatic heterocycles. The molecule has 3 rings (SSSR count). The minimum absolute atomic E-state index is 0.0651. The molecule has 0 amide bonds. The van der Waals surface area contributed by atoms with E-state index in [0.717, 1.165) is 11.3 Å². The minimum Gasteiger partial charge on any atom is -0.507 e. The average Bonchev–Trinajstić information content (AvgIpc) is 2.70. The molecule has 0 saturated carbocycles. The largest absolute Gasteiger partial charge is 0.507 e. The van der Waals surface area contributed by atoms with Crippen molar-refractivity contribution < 1.29 is 9.52 Å². The predicted molar refractivity (Wildman–Crippen MR) is 115 cm³/mol. The first-order valence-electron chi connectivity index (χ1n) is 8.91. The number of rotatable bonds is 6. The van der Waals surface area contributed by atoms with Crippen molar-refractivity contribution in [2.24, 2.45) is 10.8 Å². The molecule has 0 unspecified atom stereocenters. The van der Waals surface area contributed by atoms with Gasteiger partial charge in [0.1, 0.15) is 11.3 Å². The number of hydrogen-bond acceptors (Lipinski definition) is 5. The number of hydrazone groups is 1. The van der Waals surface area contributed by atoms with Crippen molar-refractivity contribution in [2.75, 3.05) is 0 Å². The van der Waals surface area contributed by atoms with E-state index >= 15 is 0 Å². The second kappa shape index (κ2) is 8.67. The molecule has 0 bridgehead atoms. The molecule has 6 nitrogen and oxygen atoms in total. The van der Waals surface area contributed by atoms with Crippen LogP contribution < -0.4 is 16.8 Å². The molecule has 2 aromatic carbocycles. The fourth-order valence-electron chi connectivity index (χ4n) is 3.17. The topological polar surface area (TPSA) is 101 Å². The van der Waals surface area contributed by atoms with Gasteiger partial charge in [-0.2, -0.15) is 5.10 Å². The molecule has 4 N–H and O–H groups in total. The van der Waals surface area contributed by atoms with Crippen molar-refractivity contribution in [1.29, 1.82) is 0 Å². The standard InChI is InChI=1S/C21H21N3O3S/c1-2-14(23-24-21(22)28)12-16(13-8-4-3-5-9-13)18-19(25)15-10-6-7-11-17(15)27-20(18)26/h3-11,16,25H,2,12H2,1H3,(H3,22,24,28)/b23-14-/t16-/m0/s1. The number of thiocarbonyl (C=S) groups is 1. The van der Waals surface area contributed by atoms with E-state index in [9.17, 15) is 9.90 Å². The van der Waals surface area contributed by atoms with Crippen LogP contribution in [0.5, 0.6) is 5.75 Å². The molecule has 1 aromatic heterocycles. The summed E-state index contributed by atoms with van der Waals surface area (Å²) < 4.78 is 5.48. The molecule has 0 aliphatic carbocycles. The third kappa shape index (κ3) is 4.20. The fourth-order valence-corrected chi connectivity index (χ4v) is 3.21. The highest BCUT2D eigenvalue weighted by Gasteiger charge is 2.25. The maximum absolute atomic E-state index is 12.8. The number of fused-ring (bicyclic) bond motifs is 1. The molecule has 28 heavy (non-hydrogen) atoms. The molecule has 144 valence electrons. The van der Waals surface area contributed by atoms with E-state index in [1.54, 1.807) is 24.3 Å². The van der Waals surface area contributed by atoms with Crippen LogP contribution in [-0.4, -0.2) is 15.9 Å². The maximum Gasteiger partial charge on any atom is 0.343 e. The van der Waals surface area contributed by atoms with Crippen LogP contribution in [0.25, 0.3) is 11.0 Å². The Morgan fingerprint density at radius 3 is 2.57 bits per heavy atom. The molecular weight excluding hydrogens is 374 g/mol. The lowest BCUT2D eigenvalue weighted by Crippen LogP contribution is -2.26. The minimum atomic E-state index is -0.567. The Kier molecular flexibility index (Phi) is 6.06. The van der Waals surface area contributed by atoms with Gasteiger partial charge in [-0.3, -0.25) is 5.43 Å². The van der Waals surface area contributed by atoms with Crippen molar-refractivity contribution in [2.45, 2.75) is 25.7 Å². The number of nitrogens with one attached hydrogen (secondary N) is 1. The quantitative estimate of drug-likeness (QED) is 0.255. The number of hydrogen-bond donors (Lipinski definition) is 3. The summed E-state index contributed by atoms with van der Waals surface area (Å²) in [4.78, 5) is 12.8. The third-order valence-electron chi connectivity index (χ3n) is 4.54. The summed E-state index contributed by atoms with van der Waals surface area (Å²) in [6.45, 7) is 1.95. The summed E-state index contributed by atoms with van der Waals surface area (Å²) in [6, 6.07) is 16.4. The van der Waals surface area contributed by atoms with Gasteiger partial charge in [-0.1, -0.05) is 49.4 Å². The molecule has 1 atom stereocenters. The second-order valence-corrected chi connectivity index (χ2v) is 6.76. The summed E-state index contributed by atoms with van der Waals surface area (Å²) in [7, 11) is 0. The van der Waals surface area contributed by atoms with Crippen LogP contribution in [0.1, 0.15) is 36.8 Å². The van der Waals surface area contributed by atoms with Crippen LogP contribution >= 0.6 is 12.2 Å². The Labute approximate surface area is 167 Å². The van der Waals surface area contributed by atoms with Gasteiger partial charge in [0.15, 0.2) is 5.11 Å². The Balaban J connectivity index is 2.15. The first-order valence-corrected chi connectivity index (χ1v) is 9.32. The smallest absolute Gasteiger partial charge is 0.343 e. The van der Waals surface area contributed by atoms with Gasteiger partial charge in [-0.15, -0.1) is 0 Å². The van der Waals surface area contributed by atoms with E-state index in [4.69, 9.17) is 22.4 Å². The summed E-state index contributed by atoms with van der Waals surface area (Å²) in [6.07, 6.45) is 1.02. The molecular formula is C21H21N3O3S. The third-order valence-corrected chi connectivity index (χ3v) is 4.63. The van der Waals surface area contributed by atoms with E-state index in [1.807, 2.05) is 37.3 Å². The van der Waals surface area contributed by atoms with Crippen LogP contribution in [0, 0.1) is 0 Å². The number of nitrogens with zero attached hydrogens (tertiary/aromatic N) is 1. The molecule has 0 saturated heterocycles. The monoisotopic (exact) mass is 395 g/mol. The SMILES string of the molecule is CC/C(C[C@@H](c1ccccc1)c1c(O)c2ccccc2oc1=O)=N/NC(N)=S. The molecule has 0 radical (unpaired) electrons. The van der Waals surface area contributed by atoms with Crippen LogP contribution in [-0.2, 0) is 0 Å². The first-order chi connectivity index (χ1) is 13.5. The van der Waals surface area contributed by atoms with Gasteiger partial charge in [0.2, 0.25) is 0 Å². The Bertz CT molecular complexity index is 1080. The molecule has 0 fully saturated rings. The van der Waals surface area contributed by atoms with Gasteiger partial charge >= 0.3 is 5.63 Å². The molecule has 7 heteroatoms. The molecule has 3 aromatic rings. The zero-order valence-electron chi connectivity index (χ0n) is 15.4. The number of nitrogens with two attached hydrogens (primary N) is 1. The summed E-state index contributed by atoms with van der Waals surface area (Å²) in [5, 5.41) is 15.7. The van der Waals surface area contributed by atoms with Gasteiger partial charge in [-0.05, 0) is 42.8 Å². The fraction of sp³-hybridized carbons (Fsp3) is 0.190. The van der Waals surface area contributed by atoms with Crippen LogP contribution in [0.3, 0.4) is 0 Å². The van der Waals surface area contributed by atoms with Crippen molar-refractivity contribution in [3.05, 3.63) is 76.1 Å². The summed E-state index contributed by atoms with van der Waals surface area (Å²) >= 11 is 4.81. The van der Waals surface area contributed by atoms with E-state index < -0.39 is 11.5 Å². The first kappa shape index (κ1) is 19.6. The van der Waals surface area contributed by atoms with Gasteiger partial charge in [0, 0.05) is 11.6 Å². The van der Waals surface area contributed by atoms with Crippen molar-refractivity contribution in [1.82, 2.24) is 5.43 Å². The lowest BCUT2D eigenvalue weighted by molar-refractivity contribution is 0.452. The van der Waals surface area contributed by atoms with Gasteiger partial charge < -0.3 is 15.3 Å². The van der Waals surface area contributed by atoms with Gasteiger partial charge in [0.05, 0.1) is 10.9 Å². The predicted octanol–water partition coefficient (Wildman–Crippen LogP) is 3.62. The van der Waals surface area contributed by atoms with Gasteiger partial charge in [-0.25, -0.2) is 4.79 Å². The number of benzene rings is 2. The lowest BCUT2D eigenvalue weighted by atomic mass is 9.86. The number of aromatic hydroxyl groups is 1. The summed E-state index contributed by atoms with van der Waals surface area (Å²) in [5.41, 5.74) is 9.68. The second-order valence-electron chi connectivity index (χ2n) is 6.32. The van der Waals surface area contributed by atoms with E-state index in [2.05, 4.69) is 10.5 Å². The Hall–Kier alpha value is -3.19.